The van der Waals surface area contributed by atoms with Crippen molar-refractivity contribution in [2.75, 3.05) is 20.3 Å². The van der Waals surface area contributed by atoms with Crippen LogP contribution in [0.1, 0.15) is 55.8 Å². The highest BCUT2D eigenvalue weighted by molar-refractivity contribution is 7.28. The van der Waals surface area contributed by atoms with E-state index in [9.17, 15) is 0 Å². The van der Waals surface area contributed by atoms with Gasteiger partial charge in [-0.25, -0.2) is 19.9 Å². The Morgan fingerprint density at radius 2 is 1.32 bits per heavy atom. The van der Waals surface area contributed by atoms with E-state index in [-0.39, 0.29) is 0 Å². The van der Waals surface area contributed by atoms with E-state index in [1.54, 1.807) is 52.5 Å². The molecule has 182 valence electrons. The average molecular weight is 535 g/mol. The van der Waals surface area contributed by atoms with Crippen molar-refractivity contribution in [1.82, 2.24) is 19.9 Å². The summed E-state index contributed by atoms with van der Waals surface area (Å²) in [4.78, 5) is 22.6. The van der Waals surface area contributed by atoms with Crippen LogP contribution in [-0.4, -0.2) is 40.3 Å². The van der Waals surface area contributed by atoms with E-state index < -0.39 is 0 Å². The maximum Gasteiger partial charge on any atom is 0.197 e. The molecular formula is C24H30N4O2S4. The molecule has 0 spiro atoms. The smallest absolute Gasteiger partial charge is 0.197 e. The first-order valence-corrected chi connectivity index (χ1v) is 14.9. The molecule has 4 aromatic heterocycles. The summed E-state index contributed by atoms with van der Waals surface area (Å²) < 4.78 is 11.1. The third-order valence-electron chi connectivity index (χ3n) is 5.23. The maximum atomic E-state index is 5.95. The fraction of sp³-hybridized carbons (Fsp3) is 0.500. The highest BCUT2D eigenvalue weighted by atomic mass is 32.1. The van der Waals surface area contributed by atoms with E-state index in [1.807, 2.05) is 12.4 Å². The summed E-state index contributed by atoms with van der Waals surface area (Å²) in [5.41, 5.74) is 2.23. The summed E-state index contributed by atoms with van der Waals surface area (Å²) in [5.74, 6) is 0. The van der Waals surface area contributed by atoms with Crippen molar-refractivity contribution in [2.24, 2.45) is 0 Å². The molecule has 4 rings (SSSR count). The molecule has 0 atom stereocenters. The fourth-order valence-electron chi connectivity index (χ4n) is 3.33. The predicted octanol–water partition coefficient (Wildman–Crippen LogP) is 7.53. The van der Waals surface area contributed by atoms with Crippen LogP contribution >= 0.6 is 45.3 Å². The third kappa shape index (κ3) is 6.09. The normalized spacial score (nSPS) is 11.4. The van der Waals surface area contributed by atoms with E-state index in [0.29, 0.717) is 13.2 Å². The van der Waals surface area contributed by atoms with Crippen LogP contribution < -0.4 is 4.74 Å². The fourth-order valence-corrected chi connectivity index (χ4v) is 7.22. The summed E-state index contributed by atoms with van der Waals surface area (Å²) in [6.45, 7) is 7.65. The van der Waals surface area contributed by atoms with Gasteiger partial charge in [-0.15, -0.1) is 34.0 Å². The minimum atomic E-state index is 0.528. The van der Waals surface area contributed by atoms with Crippen LogP contribution in [0.15, 0.2) is 12.4 Å². The molecule has 10 heteroatoms. The van der Waals surface area contributed by atoms with Gasteiger partial charge in [0.05, 0.1) is 27.7 Å². The molecule has 0 saturated heterocycles. The number of rotatable bonds is 13. The zero-order valence-corrected chi connectivity index (χ0v) is 23.3. The van der Waals surface area contributed by atoms with Crippen LogP contribution in [0.5, 0.6) is 5.06 Å². The van der Waals surface area contributed by atoms with E-state index >= 15 is 0 Å². The zero-order valence-electron chi connectivity index (χ0n) is 20.0. The Morgan fingerprint density at radius 3 is 1.94 bits per heavy atom. The number of ether oxygens (including phenoxy) is 2. The van der Waals surface area contributed by atoms with Crippen molar-refractivity contribution in [3.8, 4) is 34.8 Å². The summed E-state index contributed by atoms with van der Waals surface area (Å²) in [6.07, 6.45) is 10.4. The Hall–Kier alpha value is -1.72. The van der Waals surface area contributed by atoms with E-state index in [4.69, 9.17) is 19.4 Å². The molecule has 0 radical (unpaired) electrons. The van der Waals surface area contributed by atoms with Gasteiger partial charge in [0.15, 0.2) is 25.1 Å². The second-order valence-corrected chi connectivity index (χ2v) is 12.1. The molecule has 0 fully saturated rings. The summed E-state index contributed by atoms with van der Waals surface area (Å²) >= 11 is 6.64. The first kappa shape index (κ1) is 25.4. The molecule has 6 nitrogen and oxygen atoms in total. The van der Waals surface area contributed by atoms with Gasteiger partial charge in [0, 0.05) is 24.4 Å². The minimum Gasteiger partial charge on any atom is -0.480 e. The molecule has 0 saturated carbocycles. The first-order valence-electron chi connectivity index (χ1n) is 11.6. The number of unbranched alkanes of at least 4 members (excludes halogenated alkanes) is 2. The van der Waals surface area contributed by atoms with Gasteiger partial charge in [-0.1, -0.05) is 38.0 Å². The van der Waals surface area contributed by atoms with Gasteiger partial charge in [0.2, 0.25) is 0 Å². The van der Waals surface area contributed by atoms with Crippen LogP contribution in [0.25, 0.3) is 29.8 Å². The van der Waals surface area contributed by atoms with E-state index in [2.05, 4.69) is 30.7 Å². The average Bonchev–Trinajstić information content (AvgIpc) is 3.62. The summed E-state index contributed by atoms with van der Waals surface area (Å²) in [7, 11) is 1.68. The predicted molar refractivity (Wildman–Crippen MR) is 145 cm³/mol. The van der Waals surface area contributed by atoms with Crippen molar-refractivity contribution in [3.63, 3.8) is 0 Å². The van der Waals surface area contributed by atoms with Gasteiger partial charge in [-0.2, -0.15) is 0 Å². The molecule has 0 unspecified atom stereocenters. The van der Waals surface area contributed by atoms with Gasteiger partial charge in [-0.05, 0) is 32.6 Å². The number of aromatic nitrogens is 4. The van der Waals surface area contributed by atoms with Gasteiger partial charge in [0.1, 0.15) is 6.61 Å². The molecule has 0 bridgehead atoms. The molecule has 4 heterocycles. The Bertz CT molecular complexity index is 1190. The molecule has 0 amide bonds. The number of nitrogens with zero attached hydrogens (tertiary/aromatic N) is 4. The molecule has 0 aliphatic heterocycles. The lowest BCUT2D eigenvalue weighted by atomic mass is 10.2. The molecule has 34 heavy (non-hydrogen) atoms. The van der Waals surface area contributed by atoms with Gasteiger partial charge < -0.3 is 9.47 Å². The number of methoxy groups -OCH3 is 1. The number of aryl methyl sites for hydroxylation is 3. The Kier molecular flexibility index (Phi) is 9.18. The molecule has 0 aromatic carbocycles. The zero-order chi connectivity index (χ0) is 23.9. The molecule has 0 aliphatic rings. The summed E-state index contributed by atoms with van der Waals surface area (Å²) in [6, 6.07) is 0. The molecule has 0 aliphatic carbocycles. The quantitative estimate of drug-likeness (QED) is 0.165. The van der Waals surface area contributed by atoms with Crippen molar-refractivity contribution in [3.05, 3.63) is 28.7 Å². The van der Waals surface area contributed by atoms with Crippen LogP contribution in [0.2, 0.25) is 0 Å². The van der Waals surface area contributed by atoms with Crippen LogP contribution in [-0.2, 0) is 17.6 Å². The number of thiazole rings is 4. The third-order valence-corrected chi connectivity index (χ3v) is 9.73. The van der Waals surface area contributed by atoms with Crippen molar-refractivity contribution < 1.29 is 9.47 Å². The first-order chi connectivity index (χ1) is 16.6. The lowest BCUT2D eigenvalue weighted by Gasteiger charge is -2.04. The van der Waals surface area contributed by atoms with Gasteiger partial charge >= 0.3 is 0 Å². The number of hydrogen-bond donors (Lipinski definition) is 0. The Labute approximate surface area is 217 Å². The monoisotopic (exact) mass is 534 g/mol. The van der Waals surface area contributed by atoms with Gasteiger partial charge in [0.25, 0.3) is 0 Å². The van der Waals surface area contributed by atoms with Crippen molar-refractivity contribution in [1.29, 1.82) is 0 Å². The highest BCUT2D eigenvalue weighted by Gasteiger charge is 2.19. The van der Waals surface area contributed by atoms with E-state index in [1.165, 1.54) is 23.4 Å². The minimum absolute atomic E-state index is 0.528. The lowest BCUT2D eigenvalue weighted by Crippen LogP contribution is -2.04. The SMILES string of the molecule is CCCCc1nc(-c2ncc(-c3cnc(-c4nc(CCCC)c(OCCOC)s4)s3)s2)sc1C. The standard InChI is InChI=1S/C24H30N4O2S4/c1-5-7-9-16-15(3)31-22(27-16)20-25-13-18(32-20)19-14-26-21(33-19)23-28-17(10-8-6-2)24(34-23)30-12-11-29-4/h13-14H,5-12H2,1-4H3. The second kappa shape index (κ2) is 12.3. The second-order valence-electron chi connectivity index (χ2n) is 7.88. The molecule has 0 N–H and O–H groups in total. The summed E-state index contributed by atoms with van der Waals surface area (Å²) in [5, 5.41) is 4.71. The topological polar surface area (TPSA) is 70.0 Å². The largest absolute Gasteiger partial charge is 0.480 e. The van der Waals surface area contributed by atoms with Crippen LogP contribution in [0.4, 0.5) is 0 Å². The highest BCUT2D eigenvalue weighted by Crippen LogP contribution is 2.41. The Balaban J connectivity index is 1.52. The van der Waals surface area contributed by atoms with Crippen LogP contribution in [0, 0.1) is 6.92 Å². The molecular weight excluding hydrogens is 505 g/mol. The van der Waals surface area contributed by atoms with Crippen molar-refractivity contribution >= 4 is 45.3 Å². The number of hydrogen-bond acceptors (Lipinski definition) is 10. The van der Waals surface area contributed by atoms with Gasteiger partial charge in [-0.3, -0.25) is 0 Å². The lowest BCUT2D eigenvalue weighted by molar-refractivity contribution is 0.147. The van der Waals surface area contributed by atoms with E-state index in [0.717, 1.165) is 66.2 Å². The molecule has 4 aromatic rings. The Morgan fingerprint density at radius 1 is 0.735 bits per heavy atom. The maximum absolute atomic E-state index is 5.95. The van der Waals surface area contributed by atoms with Crippen LogP contribution in [0.3, 0.4) is 0 Å². The van der Waals surface area contributed by atoms with Crippen molar-refractivity contribution in [2.45, 2.75) is 59.3 Å².